The smallest absolute Gasteiger partial charge is 0.243 e. The Hall–Kier alpha value is -3.75. The second kappa shape index (κ2) is 10.5. The summed E-state index contributed by atoms with van der Waals surface area (Å²) in [5.41, 5.74) is 2.03. The molecule has 0 aliphatic rings. The number of para-hydroxylation sites is 1. The van der Waals surface area contributed by atoms with Crippen molar-refractivity contribution >= 4 is 26.8 Å². The second-order valence-corrected chi connectivity index (χ2v) is 9.45. The number of hydrogen-bond acceptors (Lipinski definition) is 5. The Morgan fingerprint density at radius 1 is 0.941 bits per heavy atom. The van der Waals surface area contributed by atoms with Crippen molar-refractivity contribution in [2.75, 3.05) is 7.11 Å². The molecule has 8 heteroatoms. The standard InChI is InChI=1S/C26H25N3O4S/c1-33-22-13-5-10-20(16-22)18-28-26(30)23(17-19-8-3-2-4-9-19)29-34(31,32)24-14-6-11-21-12-7-15-27-25(21)24/h2-16,23,29H,17-18H2,1H3,(H,28,30)/t23-/m0/s1. The molecule has 0 spiro atoms. The summed E-state index contributed by atoms with van der Waals surface area (Å²) in [5.74, 6) is 0.250. The van der Waals surface area contributed by atoms with Crippen LogP contribution in [0, 0.1) is 0 Å². The molecule has 0 aliphatic heterocycles. The number of aromatic nitrogens is 1. The number of nitrogens with zero attached hydrogens (tertiary/aromatic N) is 1. The number of fused-ring (bicyclic) bond motifs is 1. The summed E-state index contributed by atoms with van der Waals surface area (Å²) >= 11 is 0. The minimum Gasteiger partial charge on any atom is -0.497 e. The van der Waals surface area contributed by atoms with Gasteiger partial charge in [0.2, 0.25) is 15.9 Å². The number of carbonyl (C=O) groups is 1. The van der Waals surface area contributed by atoms with Gasteiger partial charge in [-0.15, -0.1) is 0 Å². The molecule has 0 fully saturated rings. The quantitative estimate of drug-likeness (QED) is 0.387. The summed E-state index contributed by atoms with van der Waals surface area (Å²) in [6.45, 7) is 0.235. The average Bonchev–Trinajstić information content (AvgIpc) is 2.87. The van der Waals surface area contributed by atoms with Gasteiger partial charge in [0.15, 0.2) is 0 Å². The highest BCUT2D eigenvalue weighted by molar-refractivity contribution is 7.89. The highest BCUT2D eigenvalue weighted by Gasteiger charge is 2.27. The predicted octanol–water partition coefficient (Wildman–Crippen LogP) is 3.45. The van der Waals surface area contributed by atoms with E-state index in [1.807, 2.05) is 54.6 Å². The van der Waals surface area contributed by atoms with Crippen LogP contribution in [-0.2, 0) is 27.8 Å². The van der Waals surface area contributed by atoms with Crippen molar-refractivity contribution in [3.63, 3.8) is 0 Å². The Morgan fingerprint density at radius 2 is 1.68 bits per heavy atom. The minimum atomic E-state index is -4.04. The van der Waals surface area contributed by atoms with Crippen molar-refractivity contribution in [2.45, 2.75) is 23.9 Å². The van der Waals surface area contributed by atoms with Gasteiger partial charge in [-0.2, -0.15) is 4.72 Å². The molecular formula is C26H25N3O4S. The topological polar surface area (TPSA) is 97.4 Å². The molecule has 4 aromatic rings. The third-order valence-corrected chi connectivity index (χ3v) is 6.89. The third kappa shape index (κ3) is 5.59. The van der Waals surface area contributed by atoms with Gasteiger partial charge in [0, 0.05) is 18.1 Å². The van der Waals surface area contributed by atoms with Gasteiger partial charge in [-0.3, -0.25) is 9.78 Å². The first-order valence-corrected chi connectivity index (χ1v) is 12.3. The van der Waals surface area contributed by atoms with Crippen LogP contribution >= 0.6 is 0 Å². The van der Waals surface area contributed by atoms with Gasteiger partial charge in [-0.25, -0.2) is 8.42 Å². The number of hydrogen-bond donors (Lipinski definition) is 2. The molecule has 3 aromatic carbocycles. The van der Waals surface area contributed by atoms with Crippen LogP contribution in [0.25, 0.3) is 10.9 Å². The van der Waals surface area contributed by atoms with Crippen LogP contribution in [0.1, 0.15) is 11.1 Å². The van der Waals surface area contributed by atoms with Crippen LogP contribution < -0.4 is 14.8 Å². The number of sulfonamides is 1. The molecule has 0 saturated carbocycles. The van der Waals surface area contributed by atoms with E-state index in [1.165, 1.54) is 6.07 Å². The van der Waals surface area contributed by atoms with E-state index in [-0.39, 0.29) is 17.9 Å². The number of benzene rings is 3. The number of carbonyl (C=O) groups excluding carboxylic acids is 1. The maximum Gasteiger partial charge on any atom is 0.243 e. The van der Waals surface area contributed by atoms with Gasteiger partial charge in [0.25, 0.3) is 0 Å². The SMILES string of the molecule is COc1cccc(CNC(=O)[C@H](Cc2ccccc2)NS(=O)(=O)c2cccc3cccnc23)c1. The molecule has 0 aliphatic carbocycles. The van der Waals surface area contributed by atoms with E-state index < -0.39 is 22.0 Å². The molecule has 7 nitrogen and oxygen atoms in total. The molecule has 0 unspecified atom stereocenters. The first-order valence-electron chi connectivity index (χ1n) is 10.8. The molecule has 2 N–H and O–H groups in total. The van der Waals surface area contributed by atoms with Crippen molar-refractivity contribution < 1.29 is 17.9 Å². The lowest BCUT2D eigenvalue weighted by Gasteiger charge is -2.19. The lowest BCUT2D eigenvalue weighted by atomic mass is 10.1. The van der Waals surface area contributed by atoms with E-state index in [0.29, 0.717) is 16.7 Å². The summed E-state index contributed by atoms with van der Waals surface area (Å²) in [6, 6.07) is 24.1. The van der Waals surface area contributed by atoms with Crippen LogP contribution in [0.2, 0.25) is 0 Å². The van der Waals surface area contributed by atoms with Crippen LogP contribution in [0.15, 0.2) is 96.0 Å². The number of ether oxygens (including phenoxy) is 1. The lowest BCUT2D eigenvalue weighted by Crippen LogP contribution is -2.47. The molecule has 34 heavy (non-hydrogen) atoms. The van der Waals surface area contributed by atoms with Crippen LogP contribution in [0.5, 0.6) is 5.75 Å². The maximum atomic E-state index is 13.4. The number of methoxy groups -OCH3 is 1. The number of nitrogens with one attached hydrogen (secondary N) is 2. The zero-order valence-corrected chi connectivity index (χ0v) is 19.5. The number of pyridine rings is 1. The first kappa shape index (κ1) is 23.4. The van der Waals surface area contributed by atoms with Gasteiger partial charge >= 0.3 is 0 Å². The van der Waals surface area contributed by atoms with Crippen LogP contribution in [-0.4, -0.2) is 32.5 Å². The summed E-state index contributed by atoms with van der Waals surface area (Å²) in [6.07, 6.45) is 1.74. The number of rotatable bonds is 9. The summed E-state index contributed by atoms with van der Waals surface area (Å²) in [4.78, 5) is 17.4. The Balaban J connectivity index is 1.59. The Kier molecular flexibility index (Phi) is 7.20. The molecule has 1 heterocycles. The van der Waals surface area contributed by atoms with Crippen LogP contribution in [0.3, 0.4) is 0 Å². The van der Waals surface area contributed by atoms with Crippen molar-refractivity contribution in [1.29, 1.82) is 0 Å². The maximum absolute atomic E-state index is 13.4. The highest BCUT2D eigenvalue weighted by Crippen LogP contribution is 2.21. The fourth-order valence-corrected chi connectivity index (χ4v) is 5.05. The van der Waals surface area contributed by atoms with Crippen molar-refractivity contribution in [3.8, 4) is 5.75 Å². The summed E-state index contributed by atoms with van der Waals surface area (Å²) < 4.78 is 34.6. The average molecular weight is 476 g/mol. The van der Waals surface area contributed by atoms with E-state index in [0.717, 1.165) is 11.1 Å². The van der Waals surface area contributed by atoms with E-state index in [4.69, 9.17) is 4.74 Å². The summed E-state index contributed by atoms with van der Waals surface area (Å²) in [7, 11) is -2.46. The van der Waals surface area contributed by atoms with Gasteiger partial charge in [-0.1, -0.05) is 60.7 Å². The molecule has 4 rings (SSSR count). The van der Waals surface area contributed by atoms with E-state index in [9.17, 15) is 13.2 Å². The Labute approximate surface area is 198 Å². The van der Waals surface area contributed by atoms with Gasteiger partial charge in [0.05, 0.1) is 12.6 Å². The molecular weight excluding hydrogens is 450 g/mol. The fourth-order valence-electron chi connectivity index (χ4n) is 3.68. The highest BCUT2D eigenvalue weighted by atomic mass is 32.2. The third-order valence-electron chi connectivity index (χ3n) is 5.38. The Bertz CT molecular complexity index is 1390. The first-order chi connectivity index (χ1) is 16.5. The van der Waals surface area contributed by atoms with E-state index >= 15 is 0 Å². The zero-order chi connectivity index (χ0) is 24.0. The van der Waals surface area contributed by atoms with Crippen molar-refractivity contribution in [3.05, 3.63) is 102 Å². The Morgan fingerprint density at radius 3 is 2.47 bits per heavy atom. The van der Waals surface area contributed by atoms with E-state index in [1.54, 1.807) is 37.6 Å². The molecule has 1 atom stereocenters. The fraction of sp³-hybridized carbons (Fsp3) is 0.154. The van der Waals surface area contributed by atoms with Gasteiger partial charge in [0.1, 0.15) is 16.7 Å². The normalized spacial score (nSPS) is 12.3. The molecule has 1 amide bonds. The minimum absolute atomic E-state index is 0.0317. The largest absolute Gasteiger partial charge is 0.497 e. The van der Waals surface area contributed by atoms with E-state index in [2.05, 4.69) is 15.0 Å². The van der Waals surface area contributed by atoms with Crippen molar-refractivity contribution in [2.24, 2.45) is 0 Å². The molecule has 0 radical (unpaired) electrons. The lowest BCUT2D eigenvalue weighted by molar-refractivity contribution is -0.122. The molecule has 0 saturated heterocycles. The van der Waals surface area contributed by atoms with Gasteiger partial charge in [-0.05, 0) is 41.8 Å². The molecule has 0 bridgehead atoms. The monoisotopic (exact) mass is 475 g/mol. The molecule has 1 aromatic heterocycles. The zero-order valence-electron chi connectivity index (χ0n) is 18.6. The summed E-state index contributed by atoms with van der Waals surface area (Å²) in [5, 5.41) is 3.55. The molecule has 174 valence electrons. The second-order valence-electron chi connectivity index (χ2n) is 7.76. The van der Waals surface area contributed by atoms with Crippen molar-refractivity contribution in [1.82, 2.24) is 15.0 Å². The predicted molar refractivity (Wildman–Crippen MR) is 131 cm³/mol. The number of amides is 1. The van der Waals surface area contributed by atoms with Gasteiger partial charge < -0.3 is 10.1 Å². The van der Waals surface area contributed by atoms with Crippen LogP contribution in [0.4, 0.5) is 0 Å².